The van der Waals surface area contributed by atoms with E-state index in [9.17, 15) is 14.4 Å². The fourth-order valence-corrected chi connectivity index (χ4v) is 10.1. The second-order valence-corrected chi connectivity index (χ2v) is 13.0. The molecule has 3 heterocycles. The molecule has 7 rings (SSSR count). The van der Waals surface area contributed by atoms with Gasteiger partial charge in [0.2, 0.25) is 5.91 Å². The highest BCUT2D eigenvalue weighted by atomic mass is 79.9. The minimum absolute atomic E-state index is 0.0289. The Kier molecular flexibility index (Phi) is 4.89. The van der Waals surface area contributed by atoms with Gasteiger partial charge in [-0.3, -0.25) is 14.4 Å². The van der Waals surface area contributed by atoms with Crippen molar-refractivity contribution in [2.75, 3.05) is 5.32 Å². The highest BCUT2D eigenvalue weighted by molar-refractivity contribution is 9.10. The third-order valence-electron chi connectivity index (χ3n) is 8.12. The van der Waals surface area contributed by atoms with Crippen LogP contribution in [0.3, 0.4) is 0 Å². The predicted octanol–water partition coefficient (Wildman–Crippen LogP) is 5.17. The van der Waals surface area contributed by atoms with Crippen LogP contribution in [0.4, 0.5) is 5.69 Å². The van der Waals surface area contributed by atoms with Gasteiger partial charge in [0.05, 0.1) is 16.9 Å². The monoisotopic (exact) mass is 568 g/mol. The number of halogens is 1. The van der Waals surface area contributed by atoms with Gasteiger partial charge in [0.1, 0.15) is 5.75 Å². The summed E-state index contributed by atoms with van der Waals surface area (Å²) in [6.07, 6.45) is 0.813. The number of esters is 1. The third-order valence-corrected chi connectivity index (χ3v) is 11.2. The van der Waals surface area contributed by atoms with Crippen LogP contribution >= 0.6 is 39.0 Å². The van der Waals surface area contributed by atoms with Crippen molar-refractivity contribution in [3.63, 3.8) is 0 Å². The summed E-state index contributed by atoms with van der Waals surface area (Å²) in [5.74, 6) is -0.701. The number of benzene rings is 2. The molecule has 4 aliphatic rings. The lowest BCUT2D eigenvalue weighted by Crippen LogP contribution is -2.50. The molecule has 35 heavy (non-hydrogen) atoms. The molecule has 7 atom stereocenters. The average molecular weight is 570 g/mol. The van der Waals surface area contributed by atoms with E-state index in [1.807, 2.05) is 49.4 Å². The zero-order chi connectivity index (χ0) is 24.0. The third kappa shape index (κ3) is 3.24. The molecular formula is C26H21BrN2O4S2. The Morgan fingerprint density at radius 3 is 2.74 bits per heavy atom. The maximum Gasteiger partial charge on any atom is 0.315 e. The number of aromatic nitrogens is 1. The Bertz CT molecular complexity index is 1450. The second-order valence-electron chi connectivity index (χ2n) is 9.92. The number of anilines is 1. The highest BCUT2D eigenvalue weighted by Crippen LogP contribution is 2.68. The molecule has 2 saturated carbocycles. The minimum Gasteiger partial charge on any atom is -0.426 e. The van der Waals surface area contributed by atoms with Crippen LogP contribution in [0.15, 0.2) is 56.8 Å². The summed E-state index contributed by atoms with van der Waals surface area (Å²) in [5.41, 5.74) is 2.78. The van der Waals surface area contributed by atoms with Crippen molar-refractivity contribution >= 4 is 56.6 Å². The van der Waals surface area contributed by atoms with Crippen molar-refractivity contribution in [1.82, 2.24) is 4.98 Å². The molecule has 0 spiro atoms. The van der Waals surface area contributed by atoms with Crippen LogP contribution in [0.25, 0.3) is 0 Å². The van der Waals surface area contributed by atoms with Crippen LogP contribution in [-0.2, 0) is 9.59 Å². The minimum atomic E-state index is -0.496. The molecule has 1 aromatic heterocycles. The zero-order valence-electron chi connectivity index (χ0n) is 18.6. The zero-order valence-corrected chi connectivity index (χ0v) is 21.8. The molecule has 0 unspecified atom stereocenters. The van der Waals surface area contributed by atoms with Gasteiger partial charge in [-0.1, -0.05) is 45.0 Å². The van der Waals surface area contributed by atoms with Crippen molar-refractivity contribution in [2.45, 2.75) is 29.5 Å². The van der Waals surface area contributed by atoms with Gasteiger partial charge in [-0.15, -0.1) is 11.8 Å². The fraction of sp³-hybridized carbons (Fsp3) is 0.346. The van der Waals surface area contributed by atoms with Gasteiger partial charge in [0, 0.05) is 31.8 Å². The van der Waals surface area contributed by atoms with Crippen LogP contribution in [-0.4, -0.2) is 22.1 Å². The normalized spacial score (nSPS) is 31.7. The first-order valence-electron chi connectivity index (χ1n) is 11.7. The standard InChI is InChI=1S/C26H21BrN2O4S2/c1-10-2-5-12(6-3-10)28-23(30)19-15-9-14-18-17(22-24(34-21(15)18)29-26(32)35-22)13-8-11(27)4-7-16(13)33-25(31)20(14)19/h2-8,14-15,17-21H,9H2,1H3,(H,28,30)(H,29,32)/t14-,15-,17+,18+,19-,20+,21-/m1/s1. The maximum absolute atomic E-state index is 13.6. The number of hydrogen-bond acceptors (Lipinski definition) is 6. The van der Waals surface area contributed by atoms with Crippen LogP contribution in [0, 0.1) is 36.5 Å². The molecule has 2 aliphatic carbocycles. The topological polar surface area (TPSA) is 88.3 Å². The summed E-state index contributed by atoms with van der Waals surface area (Å²) in [6.45, 7) is 2.00. The summed E-state index contributed by atoms with van der Waals surface area (Å²) < 4.78 is 6.91. The Morgan fingerprint density at radius 2 is 1.94 bits per heavy atom. The van der Waals surface area contributed by atoms with E-state index in [0.717, 1.165) is 37.6 Å². The number of carbonyl (C=O) groups is 2. The number of hydrogen-bond donors (Lipinski definition) is 2. The van der Waals surface area contributed by atoms with E-state index in [4.69, 9.17) is 4.74 Å². The number of H-pyrrole nitrogens is 1. The molecule has 0 radical (unpaired) electrons. The van der Waals surface area contributed by atoms with Crippen LogP contribution in [0.1, 0.15) is 28.3 Å². The number of carbonyl (C=O) groups excluding carboxylic acids is 2. The van der Waals surface area contributed by atoms with Gasteiger partial charge < -0.3 is 15.0 Å². The molecule has 2 bridgehead atoms. The molecule has 2 fully saturated rings. The fourth-order valence-electron chi connectivity index (χ4n) is 6.86. The lowest BCUT2D eigenvalue weighted by Gasteiger charge is -2.46. The van der Waals surface area contributed by atoms with Gasteiger partial charge in [-0.2, -0.15) is 0 Å². The van der Waals surface area contributed by atoms with Gasteiger partial charge in [0.15, 0.2) is 0 Å². The molecule has 9 heteroatoms. The first kappa shape index (κ1) is 21.9. The first-order valence-corrected chi connectivity index (χ1v) is 14.2. The smallest absolute Gasteiger partial charge is 0.315 e. The Hall–Kier alpha value is -2.36. The number of aryl methyl sites for hydroxylation is 1. The number of nitrogens with one attached hydrogen (secondary N) is 2. The van der Waals surface area contributed by atoms with E-state index < -0.39 is 11.8 Å². The van der Waals surface area contributed by atoms with Crippen molar-refractivity contribution in [3.05, 3.63) is 72.6 Å². The number of thiazole rings is 1. The van der Waals surface area contributed by atoms with Gasteiger partial charge in [-0.25, -0.2) is 0 Å². The molecule has 2 aliphatic heterocycles. The number of thioether (sulfide) groups is 1. The number of amides is 1. The number of rotatable bonds is 2. The van der Waals surface area contributed by atoms with Crippen molar-refractivity contribution in [3.8, 4) is 5.75 Å². The summed E-state index contributed by atoms with van der Waals surface area (Å²) in [7, 11) is 0. The molecule has 2 aromatic carbocycles. The molecule has 0 saturated heterocycles. The summed E-state index contributed by atoms with van der Waals surface area (Å²) in [4.78, 5) is 43.6. The van der Waals surface area contributed by atoms with Gasteiger partial charge in [-0.05, 0) is 61.4 Å². The van der Waals surface area contributed by atoms with E-state index >= 15 is 0 Å². The second kappa shape index (κ2) is 7.82. The summed E-state index contributed by atoms with van der Waals surface area (Å²) in [5, 5.41) is 4.10. The quantitative estimate of drug-likeness (QED) is 0.329. The first-order chi connectivity index (χ1) is 16.9. The van der Waals surface area contributed by atoms with E-state index in [1.165, 1.54) is 11.3 Å². The molecule has 6 nitrogen and oxygen atoms in total. The molecule has 2 N–H and O–H groups in total. The summed E-state index contributed by atoms with van der Waals surface area (Å²) >= 11 is 6.52. The Balaban J connectivity index is 1.35. The average Bonchev–Trinajstić information content (AvgIpc) is 3.50. The van der Waals surface area contributed by atoms with E-state index in [-0.39, 0.29) is 45.7 Å². The van der Waals surface area contributed by atoms with Crippen LogP contribution < -0.4 is 14.9 Å². The van der Waals surface area contributed by atoms with E-state index in [0.29, 0.717) is 5.75 Å². The Morgan fingerprint density at radius 1 is 1.14 bits per heavy atom. The van der Waals surface area contributed by atoms with E-state index in [1.54, 1.807) is 11.8 Å². The molecular weight excluding hydrogens is 548 g/mol. The number of aromatic amines is 1. The van der Waals surface area contributed by atoms with Crippen molar-refractivity contribution in [1.29, 1.82) is 0 Å². The molecule has 1 amide bonds. The van der Waals surface area contributed by atoms with Crippen LogP contribution in [0.2, 0.25) is 0 Å². The maximum atomic E-state index is 13.6. The van der Waals surface area contributed by atoms with Crippen LogP contribution in [0.5, 0.6) is 5.75 Å². The lowest BCUT2D eigenvalue weighted by molar-refractivity contribution is -0.147. The lowest BCUT2D eigenvalue weighted by atomic mass is 9.66. The van der Waals surface area contributed by atoms with E-state index in [2.05, 4.69) is 26.2 Å². The predicted molar refractivity (Wildman–Crippen MR) is 138 cm³/mol. The number of ether oxygens (including phenoxy) is 1. The van der Waals surface area contributed by atoms with Gasteiger partial charge >= 0.3 is 10.8 Å². The Labute approximate surface area is 218 Å². The summed E-state index contributed by atoms with van der Waals surface area (Å²) in [6, 6.07) is 13.4. The largest absolute Gasteiger partial charge is 0.426 e. The molecule has 178 valence electrons. The highest BCUT2D eigenvalue weighted by Gasteiger charge is 2.67. The molecule has 3 aromatic rings. The van der Waals surface area contributed by atoms with Crippen molar-refractivity contribution < 1.29 is 14.3 Å². The van der Waals surface area contributed by atoms with Gasteiger partial charge in [0.25, 0.3) is 0 Å². The number of fused-ring (bicyclic) bond motifs is 6. The SMILES string of the molecule is Cc1ccc(NC(=O)[C@@H]2[C@H]3C[C@H]4[C@@H]2C(=O)Oc2ccc(Br)cc2[C@@H]2c5sc(=O)[nH]c5S[C@H]3[C@H]24)cc1. The van der Waals surface area contributed by atoms with Crippen molar-refractivity contribution in [2.24, 2.45) is 29.6 Å².